The topological polar surface area (TPSA) is 28.2 Å². The van der Waals surface area contributed by atoms with Crippen LogP contribution < -0.4 is 10.2 Å². The van der Waals surface area contributed by atoms with Crippen molar-refractivity contribution in [2.75, 3.05) is 11.4 Å². The summed E-state index contributed by atoms with van der Waals surface area (Å²) < 4.78 is 0. The third kappa shape index (κ3) is 3.68. The number of nitrogens with one attached hydrogen (secondary N) is 1. The lowest BCUT2D eigenvalue weighted by molar-refractivity contribution is 0.422. The molecule has 0 amide bonds. The molecule has 1 aromatic rings. The van der Waals surface area contributed by atoms with Crippen LogP contribution in [0.2, 0.25) is 0 Å². The Morgan fingerprint density at radius 3 is 2.71 bits per heavy atom. The van der Waals surface area contributed by atoms with Crippen LogP contribution in [0.15, 0.2) is 5.38 Å². The SMILES string of the molecule is CCN(c1nc(CNC(C)(C)C)cs1)C1CC1. The third-order valence-electron chi connectivity index (χ3n) is 2.91. The summed E-state index contributed by atoms with van der Waals surface area (Å²) >= 11 is 1.78. The van der Waals surface area contributed by atoms with Gasteiger partial charge in [0, 0.05) is 30.1 Å². The smallest absolute Gasteiger partial charge is 0.185 e. The summed E-state index contributed by atoms with van der Waals surface area (Å²) in [6, 6.07) is 0.759. The molecule has 1 N–H and O–H groups in total. The second-order valence-corrected chi connectivity index (χ2v) is 6.58. The zero-order valence-electron chi connectivity index (χ0n) is 11.3. The summed E-state index contributed by atoms with van der Waals surface area (Å²) in [7, 11) is 0. The number of nitrogens with zero attached hydrogens (tertiary/aromatic N) is 2. The van der Waals surface area contributed by atoms with E-state index < -0.39 is 0 Å². The second-order valence-electron chi connectivity index (χ2n) is 5.74. The Labute approximate surface area is 108 Å². The molecule has 0 aromatic carbocycles. The first kappa shape index (κ1) is 12.8. The first-order valence-electron chi connectivity index (χ1n) is 6.45. The highest BCUT2D eigenvalue weighted by atomic mass is 32.1. The van der Waals surface area contributed by atoms with Gasteiger partial charge in [-0.05, 0) is 40.5 Å². The lowest BCUT2D eigenvalue weighted by Crippen LogP contribution is -2.35. The molecule has 0 aliphatic heterocycles. The summed E-state index contributed by atoms with van der Waals surface area (Å²) in [6.45, 7) is 10.7. The highest BCUT2D eigenvalue weighted by Crippen LogP contribution is 2.33. The molecule has 0 spiro atoms. The van der Waals surface area contributed by atoms with E-state index in [0.29, 0.717) is 0 Å². The number of anilines is 1. The molecule has 4 heteroatoms. The maximum Gasteiger partial charge on any atom is 0.185 e. The van der Waals surface area contributed by atoms with Crippen molar-refractivity contribution in [1.29, 1.82) is 0 Å². The highest BCUT2D eigenvalue weighted by molar-refractivity contribution is 7.13. The van der Waals surface area contributed by atoms with Gasteiger partial charge in [-0.15, -0.1) is 11.3 Å². The Hall–Kier alpha value is -0.610. The van der Waals surface area contributed by atoms with Gasteiger partial charge in [0.2, 0.25) is 0 Å². The van der Waals surface area contributed by atoms with Crippen molar-refractivity contribution < 1.29 is 0 Å². The molecule has 96 valence electrons. The van der Waals surface area contributed by atoms with Gasteiger partial charge in [-0.3, -0.25) is 0 Å². The standard InChI is InChI=1S/C13H23N3S/c1-5-16(11-6-7-11)12-15-10(9-17-12)8-14-13(2,3)4/h9,11,14H,5-8H2,1-4H3. The molecule has 3 nitrogen and oxygen atoms in total. The van der Waals surface area contributed by atoms with E-state index in [1.54, 1.807) is 11.3 Å². The monoisotopic (exact) mass is 253 g/mol. The fourth-order valence-corrected chi connectivity index (χ4v) is 2.76. The Morgan fingerprint density at radius 2 is 2.18 bits per heavy atom. The summed E-state index contributed by atoms with van der Waals surface area (Å²) in [6.07, 6.45) is 2.67. The fourth-order valence-electron chi connectivity index (χ4n) is 1.80. The second kappa shape index (κ2) is 4.94. The molecule has 0 unspecified atom stereocenters. The van der Waals surface area contributed by atoms with E-state index in [2.05, 4.69) is 43.3 Å². The Bertz CT molecular complexity index is 363. The van der Waals surface area contributed by atoms with Crippen LogP contribution in [0, 0.1) is 0 Å². The summed E-state index contributed by atoms with van der Waals surface area (Å²) in [4.78, 5) is 7.16. The summed E-state index contributed by atoms with van der Waals surface area (Å²) in [5, 5.41) is 6.85. The third-order valence-corrected chi connectivity index (χ3v) is 3.84. The molecule has 0 bridgehead atoms. The molecule has 2 rings (SSSR count). The van der Waals surface area contributed by atoms with Crippen LogP contribution in [0.5, 0.6) is 0 Å². The molecular formula is C13H23N3S. The molecule has 0 radical (unpaired) electrons. The van der Waals surface area contributed by atoms with Gasteiger partial charge in [-0.25, -0.2) is 4.98 Å². The average molecular weight is 253 g/mol. The van der Waals surface area contributed by atoms with Gasteiger partial charge in [0.1, 0.15) is 0 Å². The Balaban J connectivity index is 1.95. The molecular weight excluding hydrogens is 230 g/mol. The van der Waals surface area contributed by atoms with E-state index in [1.165, 1.54) is 23.7 Å². The summed E-state index contributed by atoms with van der Waals surface area (Å²) in [5.74, 6) is 0. The van der Waals surface area contributed by atoms with Crippen molar-refractivity contribution >= 4 is 16.5 Å². The van der Waals surface area contributed by atoms with Crippen LogP contribution in [0.3, 0.4) is 0 Å². The number of hydrogen-bond donors (Lipinski definition) is 1. The van der Waals surface area contributed by atoms with Gasteiger partial charge in [0.15, 0.2) is 5.13 Å². The first-order chi connectivity index (χ1) is 7.99. The van der Waals surface area contributed by atoms with Crippen molar-refractivity contribution in [3.63, 3.8) is 0 Å². The largest absolute Gasteiger partial charge is 0.345 e. The van der Waals surface area contributed by atoms with Crippen molar-refractivity contribution in [1.82, 2.24) is 10.3 Å². The molecule has 1 aromatic heterocycles. The number of aromatic nitrogens is 1. The molecule has 1 aliphatic carbocycles. The van der Waals surface area contributed by atoms with Crippen molar-refractivity contribution in [2.24, 2.45) is 0 Å². The fraction of sp³-hybridized carbons (Fsp3) is 0.769. The van der Waals surface area contributed by atoms with Crippen molar-refractivity contribution in [3.8, 4) is 0 Å². The lowest BCUT2D eigenvalue weighted by Gasteiger charge is -2.20. The van der Waals surface area contributed by atoms with Gasteiger partial charge < -0.3 is 10.2 Å². The minimum atomic E-state index is 0.157. The normalized spacial score (nSPS) is 16.2. The van der Waals surface area contributed by atoms with Gasteiger partial charge in [0.25, 0.3) is 0 Å². The molecule has 0 saturated heterocycles. The zero-order valence-corrected chi connectivity index (χ0v) is 12.1. The minimum Gasteiger partial charge on any atom is -0.345 e. The lowest BCUT2D eigenvalue weighted by atomic mass is 10.1. The van der Waals surface area contributed by atoms with Crippen molar-refractivity contribution in [2.45, 2.75) is 58.7 Å². The van der Waals surface area contributed by atoms with E-state index in [4.69, 9.17) is 4.98 Å². The molecule has 0 atom stereocenters. The van der Waals surface area contributed by atoms with E-state index >= 15 is 0 Å². The Morgan fingerprint density at radius 1 is 1.47 bits per heavy atom. The molecule has 17 heavy (non-hydrogen) atoms. The quantitative estimate of drug-likeness (QED) is 0.874. The van der Waals surface area contributed by atoms with Crippen LogP contribution >= 0.6 is 11.3 Å². The molecule has 1 saturated carbocycles. The van der Waals surface area contributed by atoms with Crippen LogP contribution in [-0.2, 0) is 6.54 Å². The van der Waals surface area contributed by atoms with E-state index in [1.807, 2.05) is 0 Å². The highest BCUT2D eigenvalue weighted by Gasteiger charge is 2.29. The zero-order chi connectivity index (χ0) is 12.5. The van der Waals surface area contributed by atoms with Gasteiger partial charge >= 0.3 is 0 Å². The molecule has 1 aliphatic rings. The number of rotatable bonds is 5. The van der Waals surface area contributed by atoms with E-state index in [9.17, 15) is 0 Å². The minimum absolute atomic E-state index is 0.157. The Kier molecular flexibility index (Phi) is 3.73. The van der Waals surface area contributed by atoms with Crippen LogP contribution in [-0.4, -0.2) is 23.1 Å². The predicted octanol–water partition coefficient (Wildman–Crippen LogP) is 3.02. The number of thiazole rings is 1. The van der Waals surface area contributed by atoms with Crippen molar-refractivity contribution in [3.05, 3.63) is 11.1 Å². The maximum absolute atomic E-state index is 4.73. The maximum atomic E-state index is 4.73. The summed E-state index contributed by atoms with van der Waals surface area (Å²) in [5.41, 5.74) is 1.32. The average Bonchev–Trinajstić information content (AvgIpc) is 2.95. The van der Waals surface area contributed by atoms with Crippen LogP contribution in [0.25, 0.3) is 0 Å². The van der Waals surface area contributed by atoms with Gasteiger partial charge in [-0.2, -0.15) is 0 Å². The molecule has 1 fully saturated rings. The first-order valence-corrected chi connectivity index (χ1v) is 7.33. The van der Waals surface area contributed by atoms with Gasteiger partial charge in [0.05, 0.1) is 5.69 Å². The van der Waals surface area contributed by atoms with E-state index in [0.717, 1.165) is 19.1 Å². The van der Waals surface area contributed by atoms with Crippen LogP contribution in [0.1, 0.15) is 46.2 Å². The van der Waals surface area contributed by atoms with E-state index in [-0.39, 0.29) is 5.54 Å². The number of hydrogen-bond acceptors (Lipinski definition) is 4. The van der Waals surface area contributed by atoms with Crippen LogP contribution in [0.4, 0.5) is 5.13 Å². The molecule has 1 heterocycles. The predicted molar refractivity (Wildman–Crippen MR) is 74.7 cm³/mol. The van der Waals surface area contributed by atoms with Gasteiger partial charge in [-0.1, -0.05) is 0 Å².